The summed E-state index contributed by atoms with van der Waals surface area (Å²) in [6, 6.07) is 0. The summed E-state index contributed by atoms with van der Waals surface area (Å²) in [7, 11) is 0. The van der Waals surface area contributed by atoms with Gasteiger partial charge in [0.2, 0.25) is 0 Å². The first kappa shape index (κ1) is 10.1. The van der Waals surface area contributed by atoms with E-state index in [2.05, 4.69) is 18.2 Å². The van der Waals surface area contributed by atoms with Crippen molar-refractivity contribution in [3.8, 4) is 0 Å². The highest BCUT2D eigenvalue weighted by Gasteiger charge is 2.33. The van der Waals surface area contributed by atoms with Crippen LogP contribution in [0.1, 0.15) is 38.5 Å². The summed E-state index contributed by atoms with van der Waals surface area (Å²) in [6.07, 6.45) is 15.1. The zero-order valence-electron chi connectivity index (χ0n) is 9.61. The molecule has 3 aliphatic rings. The van der Waals surface area contributed by atoms with E-state index in [4.69, 9.17) is 0 Å². The second kappa shape index (κ2) is 4.04. The maximum Gasteiger partial charge on any atom is 0.150 e. The zero-order valence-corrected chi connectivity index (χ0v) is 9.61. The molecule has 0 amide bonds. The van der Waals surface area contributed by atoms with E-state index < -0.39 is 0 Å². The Morgan fingerprint density at radius 1 is 1.25 bits per heavy atom. The third-order valence-electron chi connectivity index (χ3n) is 4.36. The fraction of sp³-hybridized carbons (Fsp3) is 0.533. The van der Waals surface area contributed by atoms with Crippen LogP contribution in [0.4, 0.5) is 0 Å². The van der Waals surface area contributed by atoms with Crippen molar-refractivity contribution in [2.75, 3.05) is 0 Å². The van der Waals surface area contributed by atoms with Crippen molar-refractivity contribution < 1.29 is 4.79 Å². The summed E-state index contributed by atoms with van der Waals surface area (Å²) in [5.41, 5.74) is 3.86. The predicted octanol–water partition coefficient (Wildman–Crippen LogP) is 3.58. The van der Waals surface area contributed by atoms with Gasteiger partial charge in [0, 0.05) is 5.57 Å². The van der Waals surface area contributed by atoms with Crippen LogP contribution in [0, 0.1) is 11.8 Å². The number of aldehydes is 1. The Kier molecular flexibility index (Phi) is 2.55. The van der Waals surface area contributed by atoms with Crippen molar-refractivity contribution in [2.24, 2.45) is 11.8 Å². The molecule has 0 saturated heterocycles. The van der Waals surface area contributed by atoms with E-state index in [1.54, 1.807) is 0 Å². The van der Waals surface area contributed by atoms with Crippen LogP contribution in [0.2, 0.25) is 0 Å². The van der Waals surface area contributed by atoms with Crippen LogP contribution in [-0.2, 0) is 4.79 Å². The number of fused-ring (bicyclic) bond motifs is 2. The van der Waals surface area contributed by atoms with Gasteiger partial charge < -0.3 is 0 Å². The van der Waals surface area contributed by atoms with E-state index in [-0.39, 0.29) is 0 Å². The minimum atomic E-state index is 0.622. The lowest BCUT2D eigenvalue weighted by Gasteiger charge is -2.37. The topological polar surface area (TPSA) is 17.1 Å². The molecule has 16 heavy (non-hydrogen) atoms. The Morgan fingerprint density at radius 3 is 3.06 bits per heavy atom. The van der Waals surface area contributed by atoms with E-state index in [0.717, 1.165) is 24.7 Å². The smallest absolute Gasteiger partial charge is 0.150 e. The van der Waals surface area contributed by atoms with Gasteiger partial charge in [-0.25, -0.2) is 0 Å². The second-order valence-corrected chi connectivity index (χ2v) is 5.22. The van der Waals surface area contributed by atoms with Gasteiger partial charge in [0.1, 0.15) is 6.29 Å². The molecule has 84 valence electrons. The summed E-state index contributed by atoms with van der Waals surface area (Å²) in [5, 5.41) is 0. The maximum absolute atomic E-state index is 11.3. The molecule has 0 aliphatic heterocycles. The molecule has 0 radical (unpaired) electrons. The Bertz CT molecular complexity index is 398. The van der Waals surface area contributed by atoms with Crippen LogP contribution < -0.4 is 0 Å². The Balaban J connectivity index is 2.06. The van der Waals surface area contributed by atoms with Gasteiger partial charge in [-0.05, 0) is 49.5 Å². The third-order valence-corrected chi connectivity index (χ3v) is 4.36. The van der Waals surface area contributed by atoms with Crippen LogP contribution in [0.5, 0.6) is 0 Å². The molecule has 0 aromatic heterocycles. The SMILES string of the molecule is O=CC1=C2CCCCC2CC2CC=CC=C12. The normalized spacial score (nSPS) is 32.9. The molecule has 0 aromatic rings. The summed E-state index contributed by atoms with van der Waals surface area (Å²) >= 11 is 0. The number of rotatable bonds is 1. The molecule has 3 aliphatic carbocycles. The van der Waals surface area contributed by atoms with Crippen LogP contribution >= 0.6 is 0 Å². The number of carbonyl (C=O) groups excluding carboxylic acids is 1. The Morgan fingerprint density at radius 2 is 2.19 bits per heavy atom. The largest absolute Gasteiger partial charge is 0.298 e. The Hall–Kier alpha value is -1.11. The first-order chi connectivity index (χ1) is 7.90. The standard InChI is InChI=1S/C15H18O/c16-10-15-13-7-3-1-5-11(13)9-12-6-2-4-8-14(12)15/h1,3,7,10-12H,2,4-6,8-9H2. The third kappa shape index (κ3) is 1.50. The lowest BCUT2D eigenvalue weighted by atomic mass is 9.67. The molecule has 3 rings (SSSR count). The van der Waals surface area contributed by atoms with E-state index in [1.807, 2.05) is 0 Å². The van der Waals surface area contributed by atoms with Gasteiger partial charge in [0.25, 0.3) is 0 Å². The van der Waals surface area contributed by atoms with Crippen molar-refractivity contribution in [1.29, 1.82) is 0 Å². The van der Waals surface area contributed by atoms with Crippen LogP contribution in [0.25, 0.3) is 0 Å². The molecule has 0 N–H and O–H groups in total. The fourth-order valence-corrected chi connectivity index (χ4v) is 3.58. The van der Waals surface area contributed by atoms with Gasteiger partial charge in [-0.1, -0.05) is 30.2 Å². The number of hydrogen-bond acceptors (Lipinski definition) is 1. The van der Waals surface area contributed by atoms with Crippen LogP contribution in [0.15, 0.2) is 34.9 Å². The number of hydrogen-bond donors (Lipinski definition) is 0. The van der Waals surface area contributed by atoms with Crippen molar-refractivity contribution >= 4 is 6.29 Å². The van der Waals surface area contributed by atoms with Crippen molar-refractivity contribution in [3.63, 3.8) is 0 Å². The maximum atomic E-state index is 11.3. The molecule has 0 bridgehead atoms. The average Bonchev–Trinajstić information content (AvgIpc) is 2.36. The molecule has 1 saturated carbocycles. The van der Waals surface area contributed by atoms with Gasteiger partial charge in [0.05, 0.1) is 0 Å². The molecule has 1 nitrogen and oxygen atoms in total. The van der Waals surface area contributed by atoms with Crippen LogP contribution in [0.3, 0.4) is 0 Å². The molecular formula is C15H18O. The van der Waals surface area contributed by atoms with E-state index >= 15 is 0 Å². The van der Waals surface area contributed by atoms with Gasteiger partial charge in [-0.3, -0.25) is 4.79 Å². The second-order valence-electron chi connectivity index (χ2n) is 5.22. The number of allylic oxidation sites excluding steroid dienone is 6. The highest BCUT2D eigenvalue weighted by atomic mass is 16.1. The average molecular weight is 214 g/mol. The first-order valence-electron chi connectivity index (χ1n) is 6.45. The van der Waals surface area contributed by atoms with Crippen LogP contribution in [-0.4, -0.2) is 6.29 Å². The number of carbonyl (C=O) groups is 1. The van der Waals surface area contributed by atoms with Crippen molar-refractivity contribution in [3.05, 3.63) is 34.9 Å². The quantitative estimate of drug-likeness (QED) is 0.610. The molecule has 0 heterocycles. The summed E-state index contributed by atoms with van der Waals surface area (Å²) in [5.74, 6) is 1.33. The molecule has 0 aromatic carbocycles. The summed E-state index contributed by atoms with van der Waals surface area (Å²) in [6.45, 7) is 0. The predicted molar refractivity (Wildman–Crippen MR) is 65.0 cm³/mol. The monoisotopic (exact) mass is 214 g/mol. The fourth-order valence-electron chi connectivity index (χ4n) is 3.58. The molecule has 1 fully saturated rings. The van der Waals surface area contributed by atoms with Crippen molar-refractivity contribution in [1.82, 2.24) is 0 Å². The Labute approximate surface area is 96.9 Å². The summed E-state index contributed by atoms with van der Waals surface area (Å²) in [4.78, 5) is 11.3. The minimum absolute atomic E-state index is 0.622. The zero-order chi connectivity index (χ0) is 11.0. The van der Waals surface area contributed by atoms with Gasteiger partial charge in [-0.15, -0.1) is 0 Å². The van der Waals surface area contributed by atoms with Crippen molar-refractivity contribution in [2.45, 2.75) is 38.5 Å². The van der Waals surface area contributed by atoms with E-state index in [0.29, 0.717) is 11.8 Å². The lowest BCUT2D eigenvalue weighted by Crippen LogP contribution is -2.25. The van der Waals surface area contributed by atoms with Gasteiger partial charge in [-0.2, -0.15) is 0 Å². The summed E-state index contributed by atoms with van der Waals surface area (Å²) < 4.78 is 0. The van der Waals surface area contributed by atoms with E-state index in [1.165, 1.54) is 36.8 Å². The lowest BCUT2D eigenvalue weighted by molar-refractivity contribution is -0.104. The molecule has 1 heteroatoms. The molecule has 2 atom stereocenters. The van der Waals surface area contributed by atoms with Gasteiger partial charge >= 0.3 is 0 Å². The minimum Gasteiger partial charge on any atom is -0.298 e. The van der Waals surface area contributed by atoms with E-state index in [9.17, 15) is 4.79 Å². The molecular weight excluding hydrogens is 196 g/mol. The molecule has 2 unspecified atom stereocenters. The first-order valence-corrected chi connectivity index (χ1v) is 6.45. The molecule has 0 spiro atoms. The van der Waals surface area contributed by atoms with Gasteiger partial charge in [0.15, 0.2) is 0 Å². The highest BCUT2D eigenvalue weighted by molar-refractivity contribution is 5.83. The highest BCUT2D eigenvalue weighted by Crippen LogP contribution is 2.46.